The minimum atomic E-state index is -4.90. The molecule has 0 spiro atoms. The van der Waals surface area contributed by atoms with Gasteiger partial charge in [0.05, 0.1) is 11.1 Å². The highest BCUT2D eigenvalue weighted by Crippen LogP contribution is 2.36. The molecule has 3 aromatic rings. The summed E-state index contributed by atoms with van der Waals surface area (Å²) in [5.74, 6) is 0.887. The molecule has 0 bridgehead atoms. The van der Waals surface area contributed by atoms with Crippen molar-refractivity contribution in [1.29, 1.82) is 0 Å². The topological polar surface area (TPSA) is 18.5 Å². The average Bonchev–Trinajstić information content (AvgIpc) is 2.84. The Labute approximate surface area is 206 Å². The lowest BCUT2D eigenvalue weighted by atomic mass is 10.0. The molecule has 3 rings (SSSR count). The van der Waals surface area contributed by atoms with Crippen LogP contribution < -0.4 is 9.47 Å². The molecule has 0 N–H and O–H groups in total. The van der Waals surface area contributed by atoms with Crippen molar-refractivity contribution >= 4 is 0 Å². The molecule has 0 aliphatic carbocycles. The number of hydrogen-bond donors (Lipinski definition) is 0. The molecule has 0 saturated carbocycles. The van der Waals surface area contributed by atoms with Gasteiger partial charge < -0.3 is 9.47 Å². The third-order valence-corrected chi connectivity index (χ3v) is 5.65. The van der Waals surface area contributed by atoms with Crippen LogP contribution in [0, 0.1) is 0 Å². The summed E-state index contributed by atoms with van der Waals surface area (Å²) in [4.78, 5) is 0. The number of ether oxygens (including phenoxy) is 2. The summed E-state index contributed by atoms with van der Waals surface area (Å²) in [7, 11) is 0. The second-order valence-electron chi connectivity index (χ2n) is 8.54. The van der Waals surface area contributed by atoms with Crippen molar-refractivity contribution in [3.63, 3.8) is 0 Å². The minimum Gasteiger partial charge on any atom is -0.489 e. The second-order valence-corrected chi connectivity index (χ2v) is 8.54. The van der Waals surface area contributed by atoms with Gasteiger partial charge in [0.1, 0.15) is 24.2 Å². The van der Waals surface area contributed by atoms with Crippen LogP contribution in [0.15, 0.2) is 72.8 Å². The summed E-state index contributed by atoms with van der Waals surface area (Å²) >= 11 is 0. The van der Waals surface area contributed by atoms with E-state index in [0.29, 0.717) is 23.6 Å². The Morgan fingerprint density at radius 3 is 1.83 bits per heavy atom. The maximum atomic E-state index is 13.1. The van der Waals surface area contributed by atoms with E-state index in [0.717, 1.165) is 37.7 Å². The number of halogens is 6. The van der Waals surface area contributed by atoms with Crippen LogP contribution in [0.1, 0.15) is 67.4 Å². The van der Waals surface area contributed by atoms with Crippen molar-refractivity contribution in [2.45, 2.75) is 64.1 Å². The number of alkyl halides is 6. The largest absolute Gasteiger partial charge is 0.489 e. The highest BCUT2D eigenvalue weighted by atomic mass is 19.4. The summed E-state index contributed by atoms with van der Waals surface area (Å²) in [6.45, 7) is 1.70. The van der Waals surface area contributed by atoms with Crippen molar-refractivity contribution in [3.8, 4) is 11.5 Å². The molecule has 0 fully saturated rings. The van der Waals surface area contributed by atoms with Gasteiger partial charge in [0.2, 0.25) is 0 Å². The quantitative estimate of drug-likeness (QED) is 0.189. The molecule has 1 unspecified atom stereocenters. The van der Waals surface area contributed by atoms with Gasteiger partial charge >= 0.3 is 12.4 Å². The number of hydrogen-bond acceptors (Lipinski definition) is 2. The van der Waals surface area contributed by atoms with Crippen molar-refractivity contribution in [1.82, 2.24) is 0 Å². The predicted molar refractivity (Wildman–Crippen MR) is 126 cm³/mol. The van der Waals surface area contributed by atoms with Crippen LogP contribution in [0.25, 0.3) is 0 Å². The van der Waals surface area contributed by atoms with Crippen LogP contribution in [0.2, 0.25) is 0 Å². The standard InChI is InChI=1S/C28H28F6O2/c1-2-3-4-8-11-26(21-9-6-5-7-10-21)36-25-14-12-24(13-15-25)35-19-20-16-22(27(29,30)31)18-23(17-20)28(32,33)34/h5-7,9-10,12-18,26H,2-4,8,11,19H2,1H3. The Morgan fingerprint density at radius 1 is 0.694 bits per heavy atom. The fourth-order valence-electron chi connectivity index (χ4n) is 3.77. The maximum absolute atomic E-state index is 13.1. The van der Waals surface area contributed by atoms with Crippen molar-refractivity contribution in [2.24, 2.45) is 0 Å². The molecular weight excluding hydrogens is 482 g/mol. The van der Waals surface area contributed by atoms with E-state index in [1.807, 2.05) is 30.3 Å². The van der Waals surface area contributed by atoms with E-state index in [1.165, 1.54) is 0 Å². The average molecular weight is 511 g/mol. The first-order chi connectivity index (χ1) is 17.1. The zero-order chi connectivity index (χ0) is 26.2. The van der Waals surface area contributed by atoms with E-state index >= 15 is 0 Å². The molecule has 1 atom stereocenters. The number of unbranched alkanes of at least 4 members (excludes halogenated alkanes) is 3. The minimum absolute atomic E-state index is 0.0983. The van der Waals surface area contributed by atoms with Crippen molar-refractivity contribution < 1.29 is 35.8 Å². The van der Waals surface area contributed by atoms with Crippen LogP contribution in [0.4, 0.5) is 26.3 Å². The molecule has 0 heterocycles. The molecule has 194 valence electrons. The van der Waals surface area contributed by atoms with Gasteiger partial charge in [-0.05, 0) is 66.4 Å². The van der Waals surface area contributed by atoms with Gasteiger partial charge in [-0.15, -0.1) is 0 Å². The van der Waals surface area contributed by atoms with Crippen LogP contribution in [0.5, 0.6) is 11.5 Å². The van der Waals surface area contributed by atoms with E-state index in [1.54, 1.807) is 24.3 Å². The Bertz CT molecular complexity index is 1040. The summed E-state index contributed by atoms with van der Waals surface area (Å²) in [5, 5.41) is 0. The van der Waals surface area contributed by atoms with E-state index in [4.69, 9.17) is 9.47 Å². The molecule has 0 aliphatic rings. The molecule has 0 aromatic heterocycles. The predicted octanol–water partition coefficient (Wildman–Crippen LogP) is 9.39. The zero-order valence-corrected chi connectivity index (χ0v) is 19.8. The van der Waals surface area contributed by atoms with E-state index in [9.17, 15) is 26.3 Å². The van der Waals surface area contributed by atoms with Gasteiger partial charge in [-0.1, -0.05) is 56.5 Å². The Balaban J connectivity index is 1.68. The van der Waals surface area contributed by atoms with Crippen LogP contribution in [-0.2, 0) is 19.0 Å². The summed E-state index contributed by atoms with van der Waals surface area (Å²) in [5.41, 5.74) is -1.91. The van der Waals surface area contributed by atoms with Crippen LogP contribution in [-0.4, -0.2) is 0 Å². The number of rotatable bonds is 11. The SMILES string of the molecule is CCCCCCC(Oc1ccc(OCc2cc(C(F)(F)F)cc(C(F)(F)F)c2)cc1)c1ccccc1. The van der Waals surface area contributed by atoms with Gasteiger partial charge in [-0.25, -0.2) is 0 Å². The summed E-state index contributed by atoms with van der Waals surface area (Å²) in [6, 6.07) is 17.8. The maximum Gasteiger partial charge on any atom is 0.416 e. The van der Waals surface area contributed by atoms with Crippen molar-refractivity contribution in [2.75, 3.05) is 0 Å². The Kier molecular flexibility index (Phi) is 9.29. The second kappa shape index (κ2) is 12.2. The third-order valence-electron chi connectivity index (χ3n) is 5.65. The highest BCUT2D eigenvalue weighted by Gasteiger charge is 2.36. The molecular formula is C28H28F6O2. The fourth-order valence-corrected chi connectivity index (χ4v) is 3.77. The highest BCUT2D eigenvalue weighted by molar-refractivity contribution is 5.35. The Morgan fingerprint density at radius 2 is 1.28 bits per heavy atom. The first kappa shape index (κ1) is 27.4. The molecule has 0 aliphatic heterocycles. The first-order valence-electron chi connectivity index (χ1n) is 11.8. The zero-order valence-electron chi connectivity index (χ0n) is 19.8. The lowest BCUT2D eigenvalue weighted by Crippen LogP contribution is -2.12. The number of benzene rings is 3. The van der Waals surface area contributed by atoms with Gasteiger partial charge in [0.25, 0.3) is 0 Å². The summed E-state index contributed by atoms with van der Waals surface area (Å²) < 4.78 is 90.1. The van der Waals surface area contributed by atoms with Gasteiger partial charge in [-0.2, -0.15) is 26.3 Å². The molecule has 8 heteroatoms. The van der Waals surface area contributed by atoms with E-state index in [-0.39, 0.29) is 17.7 Å². The third kappa shape index (κ3) is 8.21. The van der Waals surface area contributed by atoms with Crippen LogP contribution >= 0.6 is 0 Å². The van der Waals surface area contributed by atoms with Gasteiger partial charge in [0.15, 0.2) is 0 Å². The molecule has 0 saturated heterocycles. The first-order valence-corrected chi connectivity index (χ1v) is 11.8. The molecule has 36 heavy (non-hydrogen) atoms. The fraction of sp³-hybridized carbons (Fsp3) is 0.357. The van der Waals surface area contributed by atoms with E-state index < -0.39 is 30.1 Å². The smallest absolute Gasteiger partial charge is 0.416 e. The van der Waals surface area contributed by atoms with Crippen LogP contribution in [0.3, 0.4) is 0 Å². The Hall–Kier alpha value is -3.16. The van der Waals surface area contributed by atoms with Gasteiger partial charge in [-0.3, -0.25) is 0 Å². The molecule has 0 radical (unpaired) electrons. The van der Waals surface area contributed by atoms with E-state index in [2.05, 4.69) is 6.92 Å². The lowest BCUT2D eigenvalue weighted by molar-refractivity contribution is -0.143. The normalized spacial score (nSPS) is 12.9. The molecule has 0 amide bonds. The lowest BCUT2D eigenvalue weighted by Gasteiger charge is -2.20. The van der Waals surface area contributed by atoms with Crippen molar-refractivity contribution in [3.05, 3.63) is 95.1 Å². The molecule has 2 nitrogen and oxygen atoms in total. The van der Waals surface area contributed by atoms with Gasteiger partial charge in [0, 0.05) is 0 Å². The monoisotopic (exact) mass is 510 g/mol. The summed E-state index contributed by atoms with van der Waals surface area (Å²) in [6.07, 6.45) is -4.67. The molecule has 3 aromatic carbocycles.